The van der Waals surface area contributed by atoms with Crippen LogP contribution in [0.3, 0.4) is 0 Å². The van der Waals surface area contributed by atoms with Crippen LogP contribution in [0.2, 0.25) is 0 Å². The highest BCUT2D eigenvalue weighted by Crippen LogP contribution is 2.15. The Bertz CT molecular complexity index is 246. The third-order valence-corrected chi connectivity index (χ3v) is 3.36. The van der Waals surface area contributed by atoms with Crippen molar-refractivity contribution in [3.8, 4) is 0 Å². The van der Waals surface area contributed by atoms with Crippen LogP contribution in [0.4, 0.5) is 0 Å². The van der Waals surface area contributed by atoms with Crippen LogP contribution < -0.4 is 0 Å². The summed E-state index contributed by atoms with van der Waals surface area (Å²) in [5.41, 5.74) is 1.16. The van der Waals surface area contributed by atoms with E-state index in [1.165, 1.54) is 5.75 Å². The van der Waals surface area contributed by atoms with Gasteiger partial charge in [0.25, 0.3) is 0 Å². The van der Waals surface area contributed by atoms with Crippen LogP contribution in [-0.4, -0.2) is 10.7 Å². The van der Waals surface area contributed by atoms with Crippen molar-refractivity contribution in [3.05, 3.63) is 28.5 Å². The van der Waals surface area contributed by atoms with Crippen LogP contribution in [0, 0.1) is 5.92 Å². The Labute approximate surface area is 92.5 Å². The maximum Gasteiger partial charge on any atom is 0.0503 e. The zero-order valence-corrected chi connectivity index (χ0v) is 10.4. The van der Waals surface area contributed by atoms with E-state index < -0.39 is 0 Å². The lowest BCUT2D eigenvalue weighted by molar-refractivity contribution is 0.750. The molecule has 1 heterocycles. The highest BCUT2D eigenvalue weighted by atomic mass is 79.9. The molecule has 0 atom stereocenters. The van der Waals surface area contributed by atoms with Crippen molar-refractivity contribution >= 4 is 27.7 Å². The van der Waals surface area contributed by atoms with E-state index >= 15 is 0 Å². The summed E-state index contributed by atoms with van der Waals surface area (Å²) in [6.07, 6.45) is 1.85. The number of halogens is 1. The molecule has 3 heteroatoms. The summed E-state index contributed by atoms with van der Waals surface area (Å²) in [6.45, 7) is 4.48. The van der Waals surface area contributed by atoms with Gasteiger partial charge in [0.1, 0.15) is 0 Å². The van der Waals surface area contributed by atoms with E-state index in [0.29, 0.717) is 0 Å². The van der Waals surface area contributed by atoms with Gasteiger partial charge >= 0.3 is 0 Å². The van der Waals surface area contributed by atoms with Crippen LogP contribution in [0.15, 0.2) is 22.8 Å². The number of hydrogen-bond acceptors (Lipinski definition) is 2. The first kappa shape index (κ1) is 11.1. The van der Waals surface area contributed by atoms with E-state index in [0.717, 1.165) is 21.8 Å². The van der Waals surface area contributed by atoms with E-state index in [2.05, 4.69) is 40.8 Å². The van der Waals surface area contributed by atoms with Gasteiger partial charge < -0.3 is 0 Å². The van der Waals surface area contributed by atoms with E-state index in [1.54, 1.807) is 0 Å². The fourth-order valence-corrected chi connectivity index (χ4v) is 2.09. The van der Waals surface area contributed by atoms with Gasteiger partial charge in [-0.2, -0.15) is 11.8 Å². The topological polar surface area (TPSA) is 12.9 Å². The molecule has 72 valence electrons. The number of rotatable bonds is 4. The molecule has 1 nitrogen and oxygen atoms in total. The summed E-state index contributed by atoms with van der Waals surface area (Å²) in [5.74, 6) is 2.99. The first-order valence-electron chi connectivity index (χ1n) is 4.36. The van der Waals surface area contributed by atoms with Crippen molar-refractivity contribution in [2.45, 2.75) is 19.6 Å². The second-order valence-electron chi connectivity index (χ2n) is 3.38. The monoisotopic (exact) mass is 259 g/mol. The van der Waals surface area contributed by atoms with Crippen molar-refractivity contribution in [1.29, 1.82) is 0 Å². The van der Waals surface area contributed by atoms with Crippen molar-refractivity contribution < 1.29 is 0 Å². The number of hydrogen-bond donors (Lipinski definition) is 0. The molecule has 0 aliphatic rings. The minimum absolute atomic E-state index is 0.764. The minimum atomic E-state index is 0.764. The molecule has 13 heavy (non-hydrogen) atoms. The average molecular weight is 260 g/mol. The van der Waals surface area contributed by atoms with Crippen LogP contribution in [-0.2, 0) is 5.75 Å². The number of thioether (sulfide) groups is 1. The predicted molar refractivity (Wildman–Crippen MR) is 62.9 cm³/mol. The Kier molecular flexibility index (Phi) is 4.81. The molecule has 0 radical (unpaired) electrons. The number of aromatic nitrogens is 1. The molecule has 0 amide bonds. The molecule has 0 N–H and O–H groups in total. The molecule has 0 saturated carbocycles. The summed E-state index contributed by atoms with van der Waals surface area (Å²) in [4.78, 5) is 4.31. The molecule has 1 rings (SSSR count). The van der Waals surface area contributed by atoms with Crippen LogP contribution in [0.1, 0.15) is 19.5 Å². The largest absolute Gasteiger partial charge is 0.259 e. The molecular formula is C10H14BrNS. The normalized spacial score (nSPS) is 10.8. The zero-order valence-electron chi connectivity index (χ0n) is 7.96. The van der Waals surface area contributed by atoms with Gasteiger partial charge in [-0.3, -0.25) is 4.98 Å². The first-order valence-corrected chi connectivity index (χ1v) is 6.31. The van der Waals surface area contributed by atoms with Crippen molar-refractivity contribution in [2.75, 3.05) is 5.75 Å². The van der Waals surface area contributed by atoms with Crippen molar-refractivity contribution in [1.82, 2.24) is 4.98 Å². The van der Waals surface area contributed by atoms with Gasteiger partial charge in [-0.05, 0) is 39.7 Å². The molecule has 0 aromatic carbocycles. The highest BCUT2D eigenvalue weighted by Gasteiger charge is 1.97. The highest BCUT2D eigenvalue weighted by molar-refractivity contribution is 9.10. The smallest absolute Gasteiger partial charge is 0.0503 e. The van der Waals surface area contributed by atoms with Crippen LogP contribution in [0.5, 0.6) is 0 Å². The molecule has 1 aromatic rings. The Morgan fingerprint density at radius 1 is 1.46 bits per heavy atom. The molecule has 0 unspecified atom stereocenters. The third-order valence-electron chi connectivity index (χ3n) is 1.49. The Morgan fingerprint density at radius 2 is 2.23 bits per heavy atom. The number of pyridine rings is 1. The molecule has 0 aliphatic carbocycles. The van der Waals surface area contributed by atoms with Gasteiger partial charge in [0.15, 0.2) is 0 Å². The number of nitrogens with zero attached hydrogens (tertiary/aromatic N) is 1. The summed E-state index contributed by atoms with van der Waals surface area (Å²) < 4.78 is 1.05. The summed E-state index contributed by atoms with van der Waals surface area (Å²) >= 11 is 5.31. The zero-order chi connectivity index (χ0) is 9.68. The van der Waals surface area contributed by atoms with Gasteiger partial charge in [0, 0.05) is 16.4 Å². The van der Waals surface area contributed by atoms with Crippen LogP contribution in [0.25, 0.3) is 0 Å². The maximum absolute atomic E-state index is 4.31. The van der Waals surface area contributed by atoms with Gasteiger partial charge in [0.2, 0.25) is 0 Å². The standard InChI is InChI=1S/C10H14BrNS/c1-8(2)6-13-7-10-4-3-9(11)5-12-10/h3-5,8H,6-7H2,1-2H3. The molecule has 1 aromatic heterocycles. The maximum atomic E-state index is 4.31. The molecule has 0 aliphatic heterocycles. The summed E-state index contributed by atoms with van der Waals surface area (Å²) in [7, 11) is 0. The SMILES string of the molecule is CC(C)CSCc1ccc(Br)cn1. The predicted octanol–water partition coefficient (Wildman–Crippen LogP) is 3.73. The summed E-state index contributed by atoms with van der Waals surface area (Å²) in [6, 6.07) is 4.11. The molecule has 0 bridgehead atoms. The Morgan fingerprint density at radius 3 is 2.77 bits per heavy atom. The first-order chi connectivity index (χ1) is 6.18. The van der Waals surface area contributed by atoms with E-state index in [-0.39, 0.29) is 0 Å². The Balaban J connectivity index is 2.33. The van der Waals surface area contributed by atoms with Gasteiger partial charge in [-0.15, -0.1) is 0 Å². The van der Waals surface area contributed by atoms with E-state index in [9.17, 15) is 0 Å². The lowest BCUT2D eigenvalue weighted by Crippen LogP contribution is -1.92. The fourth-order valence-electron chi connectivity index (χ4n) is 0.891. The Hall–Kier alpha value is -0.0200. The molecule has 0 saturated heterocycles. The van der Waals surface area contributed by atoms with Gasteiger partial charge in [-0.25, -0.2) is 0 Å². The van der Waals surface area contributed by atoms with Gasteiger partial charge in [-0.1, -0.05) is 13.8 Å². The quantitative estimate of drug-likeness (QED) is 0.818. The van der Waals surface area contributed by atoms with Crippen LogP contribution >= 0.6 is 27.7 Å². The summed E-state index contributed by atoms with van der Waals surface area (Å²) in [5, 5.41) is 0. The van der Waals surface area contributed by atoms with Crippen molar-refractivity contribution in [3.63, 3.8) is 0 Å². The van der Waals surface area contributed by atoms with E-state index in [4.69, 9.17) is 0 Å². The molecular weight excluding hydrogens is 246 g/mol. The second kappa shape index (κ2) is 5.66. The lowest BCUT2D eigenvalue weighted by Gasteiger charge is -2.03. The molecule has 0 fully saturated rings. The second-order valence-corrected chi connectivity index (χ2v) is 5.32. The minimum Gasteiger partial charge on any atom is -0.259 e. The fraction of sp³-hybridized carbons (Fsp3) is 0.500. The average Bonchev–Trinajstić information content (AvgIpc) is 2.08. The lowest BCUT2D eigenvalue weighted by atomic mass is 10.3. The van der Waals surface area contributed by atoms with Gasteiger partial charge in [0.05, 0.1) is 5.69 Å². The third kappa shape index (κ3) is 4.67. The van der Waals surface area contributed by atoms with Crippen molar-refractivity contribution in [2.24, 2.45) is 5.92 Å². The van der Waals surface area contributed by atoms with E-state index in [1.807, 2.05) is 24.0 Å². The molecule has 0 spiro atoms.